The molecule has 1 aromatic heterocycles. The van der Waals surface area contributed by atoms with Crippen molar-refractivity contribution in [2.24, 2.45) is 0 Å². The smallest absolute Gasteiger partial charge is 0.317 e. The summed E-state index contributed by atoms with van der Waals surface area (Å²) >= 11 is 0. The van der Waals surface area contributed by atoms with Crippen LogP contribution in [0, 0.1) is 0 Å². The van der Waals surface area contributed by atoms with Crippen LogP contribution in [0.1, 0.15) is 52.3 Å². The number of hydrogen-bond acceptors (Lipinski definition) is 3. The van der Waals surface area contributed by atoms with Gasteiger partial charge in [-0.25, -0.2) is 0 Å². The summed E-state index contributed by atoms with van der Waals surface area (Å²) < 4.78 is 1.99. The Labute approximate surface area is 115 Å². The maximum absolute atomic E-state index is 10.8. The van der Waals surface area contributed by atoms with E-state index in [1.54, 1.807) is 0 Å². The van der Waals surface area contributed by atoms with Gasteiger partial charge in [-0.3, -0.25) is 14.4 Å². The maximum atomic E-state index is 10.8. The predicted octanol–water partition coefficient (Wildman–Crippen LogP) is 2.54. The highest BCUT2D eigenvalue weighted by molar-refractivity contribution is 5.69. The van der Waals surface area contributed by atoms with Crippen LogP contribution in [0.2, 0.25) is 0 Å². The highest BCUT2D eigenvalue weighted by atomic mass is 16.4. The van der Waals surface area contributed by atoms with Gasteiger partial charge in [0, 0.05) is 18.8 Å². The van der Waals surface area contributed by atoms with Crippen LogP contribution >= 0.6 is 0 Å². The number of carbonyl (C=O) groups is 1. The van der Waals surface area contributed by atoms with E-state index < -0.39 is 5.97 Å². The van der Waals surface area contributed by atoms with Gasteiger partial charge in [-0.1, -0.05) is 13.8 Å². The lowest BCUT2D eigenvalue weighted by atomic mass is 10.2. The number of rotatable bonds is 8. The Hall–Kier alpha value is -1.36. The van der Waals surface area contributed by atoms with Crippen LogP contribution in [0.25, 0.3) is 0 Å². The van der Waals surface area contributed by atoms with Crippen molar-refractivity contribution >= 4 is 5.97 Å². The molecule has 0 aliphatic carbocycles. The highest BCUT2D eigenvalue weighted by Gasteiger charge is 2.16. The Morgan fingerprint density at radius 2 is 2.05 bits per heavy atom. The van der Waals surface area contributed by atoms with E-state index in [4.69, 9.17) is 5.11 Å². The average molecular weight is 267 g/mol. The van der Waals surface area contributed by atoms with E-state index in [-0.39, 0.29) is 12.6 Å². The van der Waals surface area contributed by atoms with Gasteiger partial charge in [0.1, 0.15) is 0 Å². The molecule has 108 valence electrons. The molecule has 0 aliphatic heterocycles. The predicted molar refractivity (Wildman–Crippen MR) is 75.0 cm³/mol. The summed E-state index contributed by atoms with van der Waals surface area (Å²) in [6.45, 7) is 8.94. The molecule has 0 fully saturated rings. The normalized spacial score (nSPS) is 11.7. The van der Waals surface area contributed by atoms with Crippen molar-refractivity contribution in [3.8, 4) is 0 Å². The van der Waals surface area contributed by atoms with Gasteiger partial charge < -0.3 is 5.11 Å². The zero-order chi connectivity index (χ0) is 14.4. The quantitative estimate of drug-likeness (QED) is 0.786. The van der Waals surface area contributed by atoms with E-state index in [2.05, 4.69) is 18.9 Å². The van der Waals surface area contributed by atoms with Crippen LogP contribution in [0.5, 0.6) is 0 Å². The van der Waals surface area contributed by atoms with Crippen LogP contribution in [-0.4, -0.2) is 38.3 Å². The lowest BCUT2D eigenvalue weighted by molar-refractivity contribution is -0.139. The fourth-order valence-electron chi connectivity index (χ4n) is 2.13. The zero-order valence-corrected chi connectivity index (χ0v) is 12.3. The molecular weight excluding hydrogens is 242 g/mol. The van der Waals surface area contributed by atoms with Crippen molar-refractivity contribution in [3.05, 3.63) is 18.0 Å². The van der Waals surface area contributed by atoms with Gasteiger partial charge in [-0.15, -0.1) is 0 Å². The molecule has 1 heterocycles. The van der Waals surface area contributed by atoms with Gasteiger partial charge in [0.25, 0.3) is 0 Å². The molecule has 5 heteroatoms. The molecule has 19 heavy (non-hydrogen) atoms. The minimum atomic E-state index is -0.798. The lowest BCUT2D eigenvalue weighted by Crippen LogP contribution is -2.35. The number of carboxylic acid groups (broad SMARTS) is 1. The van der Waals surface area contributed by atoms with Crippen LogP contribution in [0.15, 0.2) is 12.3 Å². The summed E-state index contributed by atoms with van der Waals surface area (Å²) in [5, 5.41) is 13.5. The topological polar surface area (TPSA) is 58.4 Å². The van der Waals surface area contributed by atoms with Crippen molar-refractivity contribution in [3.63, 3.8) is 0 Å². The Bertz CT molecular complexity index is 397. The molecule has 0 radical (unpaired) electrons. The van der Waals surface area contributed by atoms with Gasteiger partial charge in [0.15, 0.2) is 0 Å². The van der Waals surface area contributed by atoms with Gasteiger partial charge in [-0.05, 0) is 32.8 Å². The van der Waals surface area contributed by atoms with E-state index >= 15 is 0 Å². The van der Waals surface area contributed by atoms with Crippen LogP contribution < -0.4 is 0 Å². The zero-order valence-electron chi connectivity index (χ0n) is 12.3. The summed E-state index contributed by atoms with van der Waals surface area (Å²) in [6.07, 6.45) is 4.10. The van der Waals surface area contributed by atoms with Crippen LogP contribution in [-0.2, 0) is 11.3 Å². The first-order valence-electron chi connectivity index (χ1n) is 6.97. The Morgan fingerprint density at radius 1 is 1.42 bits per heavy atom. The molecule has 0 aromatic carbocycles. The maximum Gasteiger partial charge on any atom is 0.317 e. The van der Waals surface area contributed by atoms with Crippen LogP contribution in [0.4, 0.5) is 0 Å². The molecule has 0 spiro atoms. The second kappa shape index (κ2) is 7.28. The summed E-state index contributed by atoms with van der Waals surface area (Å²) in [6, 6.07) is 2.60. The average Bonchev–Trinajstić information content (AvgIpc) is 2.78. The van der Waals surface area contributed by atoms with Crippen molar-refractivity contribution in [2.75, 3.05) is 6.54 Å². The van der Waals surface area contributed by atoms with Gasteiger partial charge in [0.05, 0.1) is 18.3 Å². The molecule has 0 saturated heterocycles. The van der Waals surface area contributed by atoms with Crippen molar-refractivity contribution in [1.29, 1.82) is 0 Å². The second-order valence-electron chi connectivity index (χ2n) is 5.15. The first kappa shape index (κ1) is 15.7. The Balaban J connectivity index is 2.72. The molecular formula is C14H25N3O2. The Morgan fingerprint density at radius 3 is 2.53 bits per heavy atom. The third-order valence-electron chi connectivity index (χ3n) is 3.41. The molecule has 1 aromatic rings. The van der Waals surface area contributed by atoms with E-state index in [1.807, 2.05) is 35.7 Å². The summed E-state index contributed by atoms with van der Waals surface area (Å²) in [5.41, 5.74) is 0.932. The minimum absolute atomic E-state index is 0.0511. The van der Waals surface area contributed by atoms with E-state index in [0.29, 0.717) is 12.6 Å². The van der Waals surface area contributed by atoms with Crippen molar-refractivity contribution < 1.29 is 9.90 Å². The number of aromatic nitrogens is 2. The van der Waals surface area contributed by atoms with Gasteiger partial charge >= 0.3 is 5.97 Å². The van der Waals surface area contributed by atoms with Crippen molar-refractivity contribution in [1.82, 2.24) is 14.7 Å². The lowest BCUT2D eigenvalue weighted by Gasteiger charge is -2.23. The fourth-order valence-corrected chi connectivity index (χ4v) is 2.13. The summed E-state index contributed by atoms with van der Waals surface area (Å²) in [4.78, 5) is 12.7. The molecule has 1 rings (SSSR count). The second-order valence-corrected chi connectivity index (χ2v) is 5.15. The van der Waals surface area contributed by atoms with E-state index in [1.165, 1.54) is 0 Å². The number of aliphatic carboxylic acids is 1. The number of hydrogen-bond donors (Lipinski definition) is 1. The molecule has 0 saturated carbocycles. The molecule has 0 amide bonds. The van der Waals surface area contributed by atoms with Crippen LogP contribution in [0.3, 0.4) is 0 Å². The first-order chi connectivity index (χ1) is 8.97. The molecule has 5 nitrogen and oxygen atoms in total. The van der Waals surface area contributed by atoms with Gasteiger partial charge in [-0.2, -0.15) is 5.10 Å². The molecule has 0 unspecified atom stereocenters. The minimum Gasteiger partial charge on any atom is -0.480 e. The van der Waals surface area contributed by atoms with Crippen molar-refractivity contribution in [2.45, 2.75) is 59.2 Å². The molecule has 0 bridgehead atoms. The number of nitrogens with zero attached hydrogens (tertiary/aromatic N) is 3. The van der Waals surface area contributed by atoms with E-state index in [9.17, 15) is 4.79 Å². The van der Waals surface area contributed by atoms with Gasteiger partial charge in [0.2, 0.25) is 0 Å². The summed E-state index contributed by atoms with van der Waals surface area (Å²) in [7, 11) is 0. The summed E-state index contributed by atoms with van der Waals surface area (Å²) in [5.74, 6) is -0.798. The SMILES string of the molecule is CCC(CC)n1ccc(CN(CC(=O)O)C(C)C)n1. The monoisotopic (exact) mass is 267 g/mol. The first-order valence-corrected chi connectivity index (χ1v) is 6.97. The highest BCUT2D eigenvalue weighted by Crippen LogP contribution is 2.15. The molecule has 0 aliphatic rings. The third kappa shape index (κ3) is 4.67. The standard InChI is InChI=1S/C14H25N3O2/c1-5-13(6-2)17-8-7-12(15-17)9-16(11(3)4)10-14(18)19/h7-8,11,13H,5-6,9-10H2,1-4H3,(H,18,19). The third-order valence-corrected chi connectivity index (χ3v) is 3.41. The van der Waals surface area contributed by atoms with E-state index in [0.717, 1.165) is 18.5 Å². The largest absolute Gasteiger partial charge is 0.480 e. The molecule has 1 N–H and O–H groups in total. The molecule has 0 atom stereocenters. The fraction of sp³-hybridized carbons (Fsp3) is 0.714. The number of carboxylic acids is 1. The Kier molecular flexibility index (Phi) is 6.02.